The fourth-order valence-electron chi connectivity index (χ4n) is 2.40. The molecule has 0 spiro atoms. The van der Waals surface area contributed by atoms with Crippen LogP contribution in [0.25, 0.3) is 0 Å². The van der Waals surface area contributed by atoms with Crippen LogP contribution in [0.15, 0.2) is 53.0 Å². The van der Waals surface area contributed by atoms with Crippen LogP contribution < -0.4 is 5.32 Å². The Morgan fingerprint density at radius 1 is 1.05 bits per heavy atom. The Kier molecular flexibility index (Phi) is 5.81. The molecule has 0 bridgehead atoms. The van der Waals surface area contributed by atoms with Crippen molar-refractivity contribution in [3.63, 3.8) is 0 Å². The summed E-state index contributed by atoms with van der Waals surface area (Å²) < 4.78 is 1.23. The molecule has 1 N–H and O–H groups in total. The molecule has 106 valence electrons. The Morgan fingerprint density at radius 2 is 1.80 bits per heavy atom. The number of hydrogen-bond donors (Lipinski definition) is 1. The van der Waals surface area contributed by atoms with Gasteiger partial charge in [-0.1, -0.05) is 71.4 Å². The zero-order valence-electron chi connectivity index (χ0n) is 12.2. The van der Waals surface area contributed by atoms with Crippen molar-refractivity contribution in [2.24, 2.45) is 0 Å². The molecule has 2 heteroatoms. The van der Waals surface area contributed by atoms with Crippen LogP contribution in [-0.4, -0.2) is 6.54 Å². The highest BCUT2D eigenvalue weighted by Gasteiger charge is 2.15. The van der Waals surface area contributed by atoms with Gasteiger partial charge in [-0.3, -0.25) is 0 Å². The highest BCUT2D eigenvalue weighted by Crippen LogP contribution is 2.28. The van der Waals surface area contributed by atoms with Gasteiger partial charge in [0.15, 0.2) is 0 Å². The molecule has 0 aliphatic carbocycles. The zero-order valence-corrected chi connectivity index (χ0v) is 13.8. The Hall–Kier alpha value is -1.12. The fraction of sp³-hybridized carbons (Fsp3) is 0.333. The topological polar surface area (TPSA) is 12.0 Å². The fourth-order valence-corrected chi connectivity index (χ4v) is 2.94. The van der Waals surface area contributed by atoms with E-state index in [1.807, 2.05) is 0 Å². The Bertz CT molecular complexity index is 536. The van der Waals surface area contributed by atoms with E-state index >= 15 is 0 Å². The van der Waals surface area contributed by atoms with Crippen molar-refractivity contribution in [1.29, 1.82) is 0 Å². The number of nitrogens with one attached hydrogen (secondary N) is 1. The van der Waals surface area contributed by atoms with Crippen LogP contribution in [0.1, 0.15) is 36.1 Å². The Labute approximate surface area is 130 Å². The normalized spacial score (nSPS) is 12.3. The van der Waals surface area contributed by atoms with E-state index in [1.54, 1.807) is 0 Å². The molecule has 0 aliphatic rings. The van der Waals surface area contributed by atoms with Gasteiger partial charge in [0.05, 0.1) is 0 Å². The molecule has 0 radical (unpaired) electrons. The summed E-state index contributed by atoms with van der Waals surface area (Å²) >= 11 is 3.75. The third-order valence-electron chi connectivity index (χ3n) is 3.52. The minimum absolute atomic E-state index is 0.353. The maximum Gasteiger partial charge on any atom is 0.0372 e. The molecule has 2 rings (SSSR count). The van der Waals surface area contributed by atoms with Crippen LogP contribution in [0.2, 0.25) is 0 Å². The van der Waals surface area contributed by atoms with E-state index in [2.05, 4.69) is 83.6 Å². The van der Waals surface area contributed by atoms with E-state index in [-0.39, 0.29) is 0 Å². The summed E-state index contributed by atoms with van der Waals surface area (Å²) in [6, 6.07) is 17.5. The van der Waals surface area contributed by atoms with Crippen molar-refractivity contribution in [3.8, 4) is 0 Å². The maximum absolute atomic E-state index is 3.75. The van der Waals surface area contributed by atoms with E-state index in [4.69, 9.17) is 0 Å². The third-order valence-corrected chi connectivity index (χ3v) is 4.60. The summed E-state index contributed by atoms with van der Waals surface area (Å²) in [7, 11) is 0. The van der Waals surface area contributed by atoms with Crippen molar-refractivity contribution in [1.82, 2.24) is 5.32 Å². The second-order valence-corrected chi connectivity index (χ2v) is 5.97. The molecule has 1 nitrogen and oxygen atoms in total. The van der Waals surface area contributed by atoms with Gasteiger partial charge < -0.3 is 5.32 Å². The molecule has 2 aromatic rings. The molecular weight excluding hydrogens is 310 g/mol. The lowest BCUT2D eigenvalue weighted by molar-refractivity contribution is 0.527. The summed E-state index contributed by atoms with van der Waals surface area (Å²) in [5.41, 5.74) is 4.01. The van der Waals surface area contributed by atoms with E-state index in [0.29, 0.717) is 6.04 Å². The first-order valence-electron chi connectivity index (χ1n) is 7.24. The molecule has 0 heterocycles. The van der Waals surface area contributed by atoms with Gasteiger partial charge in [0.2, 0.25) is 0 Å². The first kappa shape index (κ1) is 15.3. The van der Waals surface area contributed by atoms with Gasteiger partial charge in [-0.25, -0.2) is 0 Å². The number of benzene rings is 2. The molecule has 0 fully saturated rings. The highest BCUT2D eigenvalue weighted by atomic mass is 79.9. The molecule has 0 aliphatic heterocycles. The number of hydrogen-bond acceptors (Lipinski definition) is 1. The Morgan fingerprint density at radius 3 is 2.50 bits per heavy atom. The second-order valence-electron chi connectivity index (χ2n) is 5.17. The molecule has 0 aromatic heterocycles. The van der Waals surface area contributed by atoms with Gasteiger partial charge in [0.1, 0.15) is 0 Å². The van der Waals surface area contributed by atoms with Gasteiger partial charge in [0.25, 0.3) is 0 Å². The van der Waals surface area contributed by atoms with E-state index in [0.717, 1.165) is 19.4 Å². The van der Waals surface area contributed by atoms with Crippen LogP contribution in [0.5, 0.6) is 0 Å². The van der Waals surface area contributed by atoms with Crippen molar-refractivity contribution in [2.75, 3.05) is 6.54 Å². The molecule has 0 saturated carbocycles. The van der Waals surface area contributed by atoms with Gasteiger partial charge in [-0.2, -0.15) is 0 Å². The molecule has 0 amide bonds. The van der Waals surface area contributed by atoms with Crippen LogP contribution in [0, 0.1) is 6.92 Å². The average Bonchev–Trinajstić information content (AvgIpc) is 2.48. The lowest BCUT2D eigenvalue weighted by Crippen LogP contribution is -2.24. The lowest BCUT2D eigenvalue weighted by atomic mass is 9.97. The summed E-state index contributed by atoms with van der Waals surface area (Å²) in [6.07, 6.45) is 2.16. The summed E-state index contributed by atoms with van der Waals surface area (Å²) in [5, 5.41) is 3.67. The molecule has 1 atom stereocenters. The molecule has 1 unspecified atom stereocenters. The number of halogens is 1. The standard InChI is InChI=1S/C18H22BrN/c1-3-12-20-17(13-15-9-5-4-6-10-15)16-11-7-8-14(2)18(16)19/h4-11,17,20H,3,12-13H2,1-2H3. The average molecular weight is 332 g/mol. The van der Waals surface area contributed by atoms with Crippen molar-refractivity contribution < 1.29 is 0 Å². The molecule has 20 heavy (non-hydrogen) atoms. The SMILES string of the molecule is CCCNC(Cc1ccccc1)c1cccc(C)c1Br. The van der Waals surface area contributed by atoms with Crippen LogP contribution in [0.4, 0.5) is 0 Å². The van der Waals surface area contributed by atoms with Gasteiger partial charge >= 0.3 is 0 Å². The summed E-state index contributed by atoms with van der Waals surface area (Å²) in [4.78, 5) is 0. The van der Waals surface area contributed by atoms with Crippen LogP contribution in [0.3, 0.4) is 0 Å². The van der Waals surface area contributed by atoms with Gasteiger partial charge in [-0.15, -0.1) is 0 Å². The van der Waals surface area contributed by atoms with E-state index in [9.17, 15) is 0 Å². The molecule has 2 aromatic carbocycles. The number of rotatable bonds is 6. The number of aryl methyl sites for hydroxylation is 1. The zero-order chi connectivity index (χ0) is 14.4. The van der Waals surface area contributed by atoms with Gasteiger partial charge in [0, 0.05) is 10.5 Å². The van der Waals surface area contributed by atoms with E-state index in [1.165, 1.54) is 21.2 Å². The lowest BCUT2D eigenvalue weighted by Gasteiger charge is -2.21. The summed E-state index contributed by atoms with van der Waals surface area (Å²) in [5.74, 6) is 0. The minimum Gasteiger partial charge on any atom is -0.310 e. The first-order chi connectivity index (χ1) is 9.72. The predicted octanol–water partition coefficient (Wildman–Crippen LogP) is 5.04. The van der Waals surface area contributed by atoms with E-state index < -0.39 is 0 Å². The molecular formula is C18H22BrN. The van der Waals surface area contributed by atoms with Crippen LogP contribution in [-0.2, 0) is 6.42 Å². The molecule has 0 saturated heterocycles. The third kappa shape index (κ3) is 3.94. The first-order valence-corrected chi connectivity index (χ1v) is 8.04. The van der Waals surface area contributed by atoms with Crippen molar-refractivity contribution in [2.45, 2.75) is 32.7 Å². The summed E-state index contributed by atoms with van der Waals surface area (Å²) in [6.45, 7) is 5.39. The maximum atomic E-state index is 3.75. The second kappa shape index (κ2) is 7.61. The largest absolute Gasteiger partial charge is 0.310 e. The highest BCUT2D eigenvalue weighted by molar-refractivity contribution is 9.10. The smallest absolute Gasteiger partial charge is 0.0372 e. The monoisotopic (exact) mass is 331 g/mol. The van der Waals surface area contributed by atoms with Gasteiger partial charge in [-0.05, 0) is 43.0 Å². The van der Waals surface area contributed by atoms with Crippen LogP contribution >= 0.6 is 15.9 Å². The minimum atomic E-state index is 0.353. The quantitative estimate of drug-likeness (QED) is 0.781. The van der Waals surface area contributed by atoms with Crippen molar-refractivity contribution in [3.05, 3.63) is 69.7 Å². The van der Waals surface area contributed by atoms with Crippen molar-refractivity contribution >= 4 is 15.9 Å². The predicted molar refractivity (Wildman–Crippen MR) is 90.1 cm³/mol. The Balaban J connectivity index is 2.25.